The molecule has 4 amide bonds. The molecule has 10 nitrogen and oxygen atoms in total. The van der Waals surface area contributed by atoms with Crippen LogP contribution in [0.3, 0.4) is 0 Å². The van der Waals surface area contributed by atoms with E-state index in [1.165, 1.54) is 21.1 Å². The molecule has 2 N–H and O–H groups in total. The number of nitrogens with zero attached hydrogens (tertiary/aromatic N) is 1. The first kappa shape index (κ1) is 22.7. The molecule has 2 heterocycles. The van der Waals surface area contributed by atoms with E-state index in [4.69, 9.17) is 9.47 Å². The Kier molecular flexibility index (Phi) is 6.35. The van der Waals surface area contributed by atoms with Crippen LogP contribution in [0.15, 0.2) is 0 Å². The highest BCUT2D eigenvalue weighted by Crippen LogP contribution is 2.38. The topological polar surface area (TPSA) is 131 Å². The van der Waals surface area contributed by atoms with Crippen molar-refractivity contribution in [2.24, 2.45) is 5.92 Å². The van der Waals surface area contributed by atoms with Crippen molar-refractivity contribution < 1.29 is 33.4 Å². The number of imide groups is 1. The zero-order valence-corrected chi connectivity index (χ0v) is 18.6. The lowest BCUT2D eigenvalue weighted by Gasteiger charge is -2.36. The number of carbonyl (C=O) groups excluding carboxylic acids is 5. The number of thiophene rings is 1. The molecule has 3 rings (SSSR count). The van der Waals surface area contributed by atoms with Gasteiger partial charge in [-0.15, -0.1) is 11.3 Å². The minimum absolute atomic E-state index is 0.0239. The number of methoxy groups -OCH3 is 2. The SMILES string of the molecule is COC(=O)c1sc(NC(=O)CN2C(=O)NC3(CCCCC3C)C2=O)c(C(=O)OC)c1C. The van der Waals surface area contributed by atoms with Gasteiger partial charge in [0.05, 0.1) is 19.8 Å². The summed E-state index contributed by atoms with van der Waals surface area (Å²) in [7, 11) is 2.39. The van der Waals surface area contributed by atoms with Gasteiger partial charge >= 0.3 is 18.0 Å². The van der Waals surface area contributed by atoms with Crippen LogP contribution in [0.25, 0.3) is 0 Å². The van der Waals surface area contributed by atoms with Gasteiger partial charge in [-0.1, -0.05) is 19.8 Å². The monoisotopic (exact) mass is 451 g/mol. The molecule has 1 saturated carbocycles. The number of carbonyl (C=O) groups is 5. The molecule has 2 atom stereocenters. The fraction of sp³-hybridized carbons (Fsp3) is 0.550. The molecule has 1 aliphatic carbocycles. The van der Waals surface area contributed by atoms with Crippen LogP contribution >= 0.6 is 11.3 Å². The van der Waals surface area contributed by atoms with Gasteiger partial charge in [0.1, 0.15) is 22.0 Å². The smallest absolute Gasteiger partial charge is 0.348 e. The normalized spacial score (nSPS) is 23.0. The number of hydrogen-bond acceptors (Lipinski definition) is 8. The van der Waals surface area contributed by atoms with Crippen molar-refractivity contribution in [2.75, 3.05) is 26.1 Å². The molecule has 1 aromatic rings. The predicted octanol–water partition coefficient (Wildman–Crippen LogP) is 2.07. The summed E-state index contributed by atoms with van der Waals surface area (Å²) in [5.41, 5.74) is -0.635. The molecule has 2 unspecified atom stereocenters. The van der Waals surface area contributed by atoms with Gasteiger partial charge in [-0.2, -0.15) is 0 Å². The van der Waals surface area contributed by atoms with Crippen LogP contribution < -0.4 is 10.6 Å². The Morgan fingerprint density at radius 1 is 1.19 bits per heavy atom. The van der Waals surface area contributed by atoms with Crippen molar-refractivity contribution in [3.8, 4) is 0 Å². The third-order valence-electron chi connectivity index (χ3n) is 5.96. The van der Waals surface area contributed by atoms with Crippen LogP contribution in [0.2, 0.25) is 0 Å². The van der Waals surface area contributed by atoms with E-state index in [1.54, 1.807) is 0 Å². The Balaban J connectivity index is 1.81. The van der Waals surface area contributed by atoms with Crippen LogP contribution in [0.5, 0.6) is 0 Å². The Labute approximate surface area is 183 Å². The maximum atomic E-state index is 13.0. The first-order valence-electron chi connectivity index (χ1n) is 9.90. The van der Waals surface area contributed by atoms with Crippen LogP contribution in [-0.2, 0) is 19.1 Å². The molecule has 31 heavy (non-hydrogen) atoms. The second-order valence-corrected chi connectivity index (χ2v) is 8.75. The lowest BCUT2D eigenvalue weighted by atomic mass is 9.73. The first-order chi connectivity index (χ1) is 14.7. The van der Waals surface area contributed by atoms with Crippen LogP contribution in [0.1, 0.15) is 58.2 Å². The third kappa shape index (κ3) is 3.89. The van der Waals surface area contributed by atoms with Crippen molar-refractivity contribution in [1.29, 1.82) is 0 Å². The zero-order chi connectivity index (χ0) is 22.9. The zero-order valence-electron chi connectivity index (χ0n) is 17.8. The Hall–Kier alpha value is -2.95. The Morgan fingerprint density at radius 2 is 1.87 bits per heavy atom. The molecule has 2 aliphatic rings. The van der Waals surface area contributed by atoms with Gasteiger partial charge in [0, 0.05) is 0 Å². The number of hydrogen-bond donors (Lipinski definition) is 2. The molecule has 0 bridgehead atoms. The summed E-state index contributed by atoms with van der Waals surface area (Å²) in [5.74, 6) is -2.50. The van der Waals surface area contributed by atoms with Gasteiger partial charge in [0.25, 0.3) is 5.91 Å². The maximum Gasteiger partial charge on any atom is 0.348 e. The third-order valence-corrected chi connectivity index (χ3v) is 7.15. The van der Waals surface area contributed by atoms with Crippen LogP contribution in [0, 0.1) is 12.8 Å². The first-order valence-corrected chi connectivity index (χ1v) is 10.7. The fourth-order valence-corrected chi connectivity index (χ4v) is 5.31. The summed E-state index contributed by atoms with van der Waals surface area (Å²) in [6, 6.07) is -0.611. The average molecular weight is 452 g/mol. The van der Waals surface area contributed by atoms with E-state index < -0.39 is 41.9 Å². The number of anilines is 1. The maximum absolute atomic E-state index is 13.0. The minimum atomic E-state index is -0.968. The van der Waals surface area contributed by atoms with Gasteiger partial charge < -0.3 is 20.1 Å². The summed E-state index contributed by atoms with van der Waals surface area (Å²) in [4.78, 5) is 63.4. The molecular weight excluding hydrogens is 426 g/mol. The largest absolute Gasteiger partial charge is 0.465 e. The highest BCUT2D eigenvalue weighted by molar-refractivity contribution is 7.18. The summed E-state index contributed by atoms with van der Waals surface area (Å²) < 4.78 is 9.47. The Morgan fingerprint density at radius 3 is 2.48 bits per heavy atom. The molecular formula is C20H25N3O7S. The van der Waals surface area contributed by atoms with Gasteiger partial charge in [0.2, 0.25) is 5.91 Å². The summed E-state index contributed by atoms with van der Waals surface area (Å²) in [6.07, 6.45) is 3.17. The van der Waals surface area contributed by atoms with Gasteiger partial charge in [-0.3, -0.25) is 14.5 Å². The second kappa shape index (κ2) is 8.66. The van der Waals surface area contributed by atoms with Crippen molar-refractivity contribution in [2.45, 2.75) is 45.1 Å². The van der Waals surface area contributed by atoms with Crippen LogP contribution in [-0.4, -0.2) is 61.0 Å². The quantitative estimate of drug-likeness (QED) is 0.517. The number of esters is 2. The molecule has 1 aromatic heterocycles. The van der Waals surface area contributed by atoms with Crippen molar-refractivity contribution >= 4 is 46.1 Å². The van der Waals surface area contributed by atoms with Crippen molar-refractivity contribution in [3.63, 3.8) is 0 Å². The fourth-order valence-electron chi connectivity index (χ4n) is 4.19. The van der Waals surface area contributed by atoms with E-state index in [-0.39, 0.29) is 21.4 Å². The lowest BCUT2D eigenvalue weighted by molar-refractivity contribution is -0.136. The molecule has 1 aliphatic heterocycles. The minimum Gasteiger partial charge on any atom is -0.465 e. The van der Waals surface area contributed by atoms with E-state index >= 15 is 0 Å². The average Bonchev–Trinajstić information content (AvgIpc) is 3.18. The van der Waals surface area contributed by atoms with Gasteiger partial charge in [-0.25, -0.2) is 14.4 Å². The highest BCUT2D eigenvalue weighted by atomic mass is 32.1. The van der Waals surface area contributed by atoms with E-state index in [1.807, 2.05) is 6.92 Å². The Bertz CT molecular complexity index is 957. The number of nitrogens with one attached hydrogen (secondary N) is 2. The second-order valence-electron chi connectivity index (χ2n) is 7.73. The number of amides is 4. The van der Waals surface area contributed by atoms with Gasteiger partial charge in [-0.05, 0) is 31.2 Å². The van der Waals surface area contributed by atoms with Crippen molar-refractivity contribution in [3.05, 3.63) is 16.0 Å². The summed E-state index contributed by atoms with van der Waals surface area (Å²) in [6.45, 7) is 2.95. The van der Waals surface area contributed by atoms with Crippen LogP contribution in [0.4, 0.5) is 9.80 Å². The molecule has 0 aromatic carbocycles. The molecule has 11 heteroatoms. The van der Waals surface area contributed by atoms with E-state index in [9.17, 15) is 24.0 Å². The standard InChI is InChI=1S/C20H25N3O7S/c1-10-7-5-6-8-20(10)18(27)23(19(28)22-20)9-12(24)21-15-13(16(25)29-3)11(2)14(31-15)17(26)30-4/h10H,5-9H2,1-4H3,(H,21,24)(H,22,28). The van der Waals surface area contributed by atoms with Crippen molar-refractivity contribution in [1.82, 2.24) is 10.2 Å². The predicted molar refractivity (Wildman–Crippen MR) is 111 cm³/mol. The number of ether oxygens (including phenoxy) is 2. The number of urea groups is 1. The molecule has 168 valence electrons. The van der Waals surface area contributed by atoms with E-state index in [0.717, 1.165) is 35.5 Å². The lowest BCUT2D eigenvalue weighted by Crippen LogP contribution is -2.54. The molecule has 1 saturated heterocycles. The highest BCUT2D eigenvalue weighted by Gasteiger charge is 2.55. The van der Waals surface area contributed by atoms with Gasteiger partial charge in [0.15, 0.2) is 0 Å². The number of rotatable bonds is 5. The molecule has 0 radical (unpaired) electrons. The molecule has 1 spiro atoms. The summed E-state index contributed by atoms with van der Waals surface area (Å²) >= 11 is 0.861. The summed E-state index contributed by atoms with van der Waals surface area (Å²) in [5, 5.41) is 5.41. The molecule has 2 fully saturated rings. The van der Waals surface area contributed by atoms with E-state index in [0.29, 0.717) is 12.0 Å². The van der Waals surface area contributed by atoms with E-state index in [2.05, 4.69) is 10.6 Å².